The van der Waals surface area contributed by atoms with Crippen LogP contribution in [0.2, 0.25) is 0 Å². The smallest absolute Gasteiger partial charge is 0.330 e. The predicted molar refractivity (Wildman–Crippen MR) is 110 cm³/mol. The van der Waals surface area contributed by atoms with Gasteiger partial charge in [-0.25, -0.2) is 4.79 Å². The van der Waals surface area contributed by atoms with E-state index in [0.29, 0.717) is 6.61 Å². The number of hydrogen-bond donors (Lipinski definition) is 3. The largest absolute Gasteiger partial charge is 0.508 e. The number of hydrazine groups is 1. The Morgan fingerprint density at radius 2 is 1.44 bits per heavy atom. The number of ether oxygens (including phenoxy) is 1. The van der Waals surface area contributed by atoms with Crippen molar-refractivity contribution in [3.05, 3.63) is 66.7 Å². The van der Waals surface area contributed by atoms with Crippen LogP contribution in [0.25, 0.3) is 0 Å². The normalized spacial score (nSPS) is 10.2. The molecule has 0 heterocycles. The van der Waals surface area contributed by atoms with Crippen molar-refractivity contribution in [2.45, 2.75) is 38.5 Å². The number of esters is 1. The van der Waals surface area contributed by atoms with E-state index in [2.05, 4.69) is 41.7 Å². The number of phenols is 1. The zero-order chi connectivity index (χ0) is 19.3. The number of rotatable bonds is 12. The summed E-state index contributed by atoms with van der Waals surface area (Å²) < 4.78 is 4.95. The van der Waals surface area contributed by atoms with Gasteiger partial charge in [0.2, 0.25) is 0 Å². The van der Waals surface area contributed by atoms with Gasteiger partial charge in [-0.15, -0.1) is 0 Å². The number of aryl methyl sites for hydroxylation is 1. The summed E-state index contributed by atoms with van der Waals surface area (Å²) in [5.74, 6) is -0.0905. The molecule has 2 rings (SSSR count). The van der Waals surface area contributed by atoms with Crippen LogP contribution in [-0.2, 0) is 16.0 Å². The summed E-state index contributed by atoms with van der Waals surface area (Å²) in [7, 11) is 0. The molecule has 144 valence electrons. The number of hydrogen-bond acceptors (Lipinski definition) is 5. The summed E-state index contributed by atoms with van der Waals surface area (Å²) in [6.07, 6.45) is 7.75. The second-order valence-electron chi connectivity index (χ2n) is 6.38. The zero-order valence-corrected chi connectivity index (χ0v) is 15.6. The first kappa shape index (κ1) is 20.4. The molecule has 5 nitrogen and oxygen atoms in total. The van der Waals surface area contributed by atoms with Crippen molar-refractivity contribution in [1.29, 1.82) is 0 Å². The zero-order valence-electron chi connectivity index (χ0n) is 15.6. The number of aromatic hydroxyl groups is 1. The third-order valence-electron chi connectivity index (χ3n) is 4.19. The molecular weight excluding hydrogens is 340 g/mol. The molecule has 0 unspecified atom stereocenters. The van der Waals surface area contributed by atoms with Gasteiger partial charge in [0.15, 0.2) is 0 Å². The maximum absolute atomic E-state index is 10.9. The maximum Gasteiger partial charge on any atom is 0.330 e. The summed E-state index contributed by atoms with van der Waals surface area (Å²) in [6, 6.07) is 15.3. The fraction of sp³-hybridized carbons (Fsp3) is 0.318. The minimum absolute atomic E-state index is 0.251. The minimum Gasteiger partial charge on any atom is -0.508 e. The van der Waals surface area contributed by atoms with Crippen molar-refractivity contribution in [3.63, 3.8) is 0 Å². The van der Waals surface area contributed by atoms with Gasteiger partial charge in [0.25, 0.3) is 0 Å². The van der Waals surface area contributed by atoms with Gasteiger partial charge in [-0.1, -0.05) is 38.0 Å². The van der Waals surface area contributed by atoms with E-state index in [0.717, 1.165) is 43.5 Å². The fourth-order valence-corrected chi connectivity index (χ4v) is 2.64. The molecule has 0 aliphatic heterocycles. The molecule has 0 aromatic heterocycles. The molecule has 2 aromatic rings. The Kier molecular flexibility index (Phi) is 8.77. The van der Waals surface area contributed by atoms with Crippen molar-refractivity contribution in [1.82, 2.24) is 0 Å². The summed E-state index contributed by atoms with van der Waals surface area (Å²) in [5, 5.41) is 9.28. The van der Waals surface area contributed by atoms with Crippen LogP contribution < -0.4 is 10.9 Å². The van der Waals surface area contributed by atoms with Crippen LogP contribution in [0.15, 0.2) is 61.2 Å². The van der Waals surface area contributed by atoms with E-state index >= 15 is 0 Å². The van der Waals surface area contributed by atoms with E-state index in [1.54, 1.807) is 24.3 Å². The Morgan fingerprint density at radius 3 is 2.07 bits per heavy atom. The Labute approximate surface area is 161 Å². The van der Waals surface area contributed by atoms with Crippen molar-refractivity contribution in [3.8, 4) is 5.75 Å². The Balaban J connectivity index is 1.56. The van der Waals surface area contributed by atoms with Crippen molar-refractivity contribution >= 4 is 17.3 Å². The molecule has 2 aromatic carbocycles. The number of carbonyl (C=O) groups is 1. The van der Waals surface area contributed by atoms with Crippen molar-refractivity contribution in [2.75, 3.05) is 17.5 Å². The molecule has 0 atom stereocenters. The third-order valence-corrected chi connectivity index (χ3v) is 4.19. The van der Waals surface area contributed by atoms with E-state index in [9.17, 15) is 9.90 Å². The van der Waals surface area contributed by atoms with Crippen LogP contribution in [0.1, 0.15) is 37.7 Å². The maximum atomic E-state index is 10.9. The van der Waals surface area contributed by atoms with Gasteiger partial charge in [-0.2, -0.15) is 0 Å². The lowest BCUT2D eigenvalue weighted by Gasteiger charge is -2.10. The van der Waals surface area contributed by atoms with E-state index in [-0.39, 0.29) is 11.7 Å². The second-order valence-corrected chi connectivity index (χ2v) is 6.38. The second kappa shape index (κ2) is 11.6. The Morgan fingerprint density at radius 1 is 0.889 bits per heavy atom. The van der Waals surface area contributed by atoms with Crippen LogP contribution in [0, 0.1) is 0 Å². The highest BCUT2D eigenvalue weighted by Gasteiger charge is 1.98. The van der Waals surface area contributed by atoms with E-state index in [4.69, 9.17) is 4.74 Å². The number of carbonyl (C=O) groups excluding carboxylic acids is 1. The first-order valence-corrected chi connectivity index (χ1v) is 9.36. The molecule has 0 saturated carbocycles. The van der Waals surface area contributed by atoms with Crippen LogP contribution in [0.4, 0.5) is 11.4 Å². The van der Waals surface area contributed by atoms with Gasteiger partial charge < -0.3 is 20.7 Å². The molecule has 3 N–H and O–H groups in total. The molecule has 0 amide bonds. The fourth-order valence-electron chi connectivity index (χ4n) is 2.64. The molecule has 0 spiro atoms. The molecule has 0 saturated heterocycles. The Bertz CT molecular complexity index is 697. The van der Waals surface area contributed by atoms with Gasteiger partial charge in [0, 0.05) is 6.08 Å². The first-order valence-electron chi connectivity index (χ1n) is 9.36. The quantitative estimate of drug-likeness (QED) is 0.161. The molecule has 5 heteroatoms. The van der Waals surface area contributed by atoms with Crippen LogP contribution in [0.5, 0.6) is 5.75 Å². The van der Waals surface area contributed by atoms with E-state index in [1.807, 2.05) is 0 Å². The number of unbranched alkanes of at least 4 members (excludes halogenated alkanes) is 4. The molecule has 0 fully saturated rings. The lowest BCUT2D eigenvalue weighted by Crippen LogP contribution is -2.08. The average molecular weight is 368 g/mol. The number of anilines is 2. The topological polar surface area (TPSA) is 70.6 Å². The highest BCUT2D eigenvalue weighted by molar-refractivity contribution is 5.81. The first-order chi connectivity index (χ1) is 13.2. The molecule has 0 aliphatic carbocycles. The van der Waals surface area contributed by atoms with Gasteiger partial charge in [-0.3, -0.25) is 0 Å². The lowest BCUT2D eigenvalue weighted by atomic mass is 10.1. The van der Waals surface area contributed by atoms with Gasteiger partial charge in [-0.05, 0) is 61.2 Å². The van der Waals surface area contributed by atoms with Gasteiger partial charge in [0.05, 0.1) is 18.0 Å². The molecular formula is C22H28N2O3. The highest BCUT2D eigenvalue weighted by Crippen LogP contribution is 2.16. The minimum atomic E-state index is -0.341. The number of nitrogens with one attached hydrogen (secondary N) is 2. The lowest BCUT2D eigenvalue weighted by molar-refractivity contribution is -0.137. The van der Waals surface area contributed by atoms with Crippen LogP contribution >= 0.6 is 0 Å². The summed E-state index contributed by atoms with van der Waals surface area (Å²) >= 11 is 0. The Hall–Kier alpha value is -2.95. The van der Waals surface area contributed by atoms with E-state index in [1.165, 1.54) is 18.1 Å². The SMILES string of the molecule is C=CC(=O)OCCCCCCCc1ccc(NNc2ccc(O)cc2)cc1. The summed E-state index contributed by atoms with van der Waals surface area (Å²) in [4.78, 5) is 10.9. The van der Waals surface area contributed by atoms with Crippen LogP contribution in [-0.4, -0.2) is 17.7 Å². The van der Waals surface area contributed by atoms with Crippen molar-refractivity contribution in [2.24, 2.45) is 0 Å². The van der Waals surface area contributed by atoms with Crippen LogP contribution in [0.3, 0.4) is 0 Å². The summed E-state index contributed by atoms with van der Waals surface area (Å²) in [5.41, 5.74) is 9.44. The average Bonchev–Trinajstić information content (AvgIpc) is 2.70. The molecule has 27 heavy (non-hydrogen) atoms. The van der Waals surface area contributed by atoms with Gasteiger partial charge >= 0.3 is 5.97 Å². The number of benzene rings is 2. The summed E-state index contributed by atoms with van der Waals surface area (Å²) in [6.45, 7) is 3.85. The highest BCUT2D eigenvalue weighted by atomic mass is 16.5. The monoisotopic (exact) mass is 368 g/mol. The van der Waals surface area contributed by atoms with Crippen molar-refractivity contribution < 1.29 is 14.6 Å². The predicted octanol–water partition coefficient (Wildman–Crippen LogP) is 5.05. The molecule has 0 aliphatic rings. The number of phenolic OH excluding ortho intramolecular Hbond substituents is 1. The molecule has 0 bridgehead atoms. The third kappa shape index (κ3) is 8.31. The van der Waals surface area contributed by atoms with E-state index < -0.39 is 0 Å². The standard InChI is InChI=1S/C22H28N2O3/c1-2-22(26)27-17-7-5-3-4-6-8-18-9-11-19(12-10-18)23-24-20-13-15-21(25)16-14-20/h2,9-16,23-25H,1,3-8,17H2. The van der Waals surface area contributed by atoms with Gasteiger partial charge in [0.1, 0.15) is 5.75 Å². The molecule has 0 radical (unpaired) electrons.